The maximum atomic E-state index is 11.0. The van der Waals surface area contributed by atoms with E-state index >= 15 is 0 Å². The summed E-state index contributed by atoms with van der Waals surface area (Å²) in [5.41, 5.74) is 2.48. The molecule has 138 valence electrons. The van der Waals surface area contributed by atoms with Gasteiger partial charge in [-0.25, -0.2) is 14.6 Å². The van der Waals surface area contributed by atoms with Crippen LogP contribution >= 0.6 is 0 Å². The summed E-state index contributed by atoms with van der Waals surface area (Å²) < 4.78 is 0. The van der Waals surface area contributed by atoms with Gasteiger partial charge < -0.3 is 10.2 Å². The minimum absolute atomic E-state index is 0.159. The van der Waals surface area contributed by atoms with Crippen molar-refractivity contribution >= 4 is 35.7 Å². The van der Waals surface area contributed by atoms with Gasteiger partial charge in [0.15, 0.2) is 0 Å². The van der Waals surface area contributed by atoms with Gasteiger partial charge in [0.25, 0.3) is 0 Å². The van der Waals surface area contributed by atoms with E-state index in [2.05, 4.69) is 15.0 Å². The van der Waals surface area contributed by atoms with Crippen LogP contribution in [0.1, 0.15) is 32.1 Å². The van der Waals surface area contributed by atoms with Gasteiger partial charge in [0.05, 0.1) is 46.3 Å². The van der Waals surface area contributed by atoms with E-state index in [0.717, 1.165) is 0 Å². The third-order valence-electron chi connectivity index (χ3n) is 3.67. The minimum atomic E-state index is -1.01. The highest BCUT2D eigenvalue weighted by Gasteiger charge is 2.03. The van der Waals surface area contributed by atoms with Crippen LogP contribution in [0.25, 0.3) is 0 Å². The third kappa shape index (κ3) is 4.95. The van der Waals surface area contributed by atoms with E-state index in [9.17, 15) is 9.59 Å². The molecule has 0 aliphatic rings. The summed E-state index contributed by atoms with van der Waals surface area (Å²) in [6.45, 7) is 0. The van der Waals surface area contributed by atoms with Crippen LogP contribution in [0.5, 0.6) is 0 Å². The second-order valence-electron chi connectivity index (χ2n) is 5.71. The van der Waals surface area contributed by atoms with Crippen molar-refractivity contribution in [1.29, 1.82) is 0 Å². The van der Waals surface area contributed by atoms with Gasteiger partial charge in [-0.05, 0) is 48.5 Å². The van der Waals surface area contributed by atoms with Crippen molar-refractivity contribution in [2.75, 3.05) is 0 Å². The van der Waals surface area contributed by atoms with E-state index in [-0.39, 0.29) is 11.1 Å². The predicted octanol–water partition coefficient (Wildman–Crippen LogP) is 3.98. The average Bonchev–Trinajstić information content (AvgIpc) is 2.71. The number of benzene rings is 2. The Kier molecular flexibility index (Phi) is 5.66. The number of aromatic carboxylic acids is 2. The standard InChI is InChI=1S/C21H15N3O4/c25-20(26)14-4-1-6-16(10-14)22-12-18-8-3-9-19(24-18)13-23-17-7-2-5-15(11-17)21(27)28/h1-13H,(H,25,26)(H,27,28)/b22-12+,23-13+. The Morgan fingerprint density at radius 3 is 1.57 bits per heavy atom. The molecule has 0 radical (unpaired) electrons. The molecule has 7 heteroatoms. The zero-order valence-corrected chi connectivity index (χ0v) is 14.6. The van der Waals surface area contributed by atoms with E-state index < -0.39 is 11.9 Å². The molecule has 0 saturated heterocycles. The summed E-state index contributed by atoms with van der Waals surface area (Å²) in [6, 6.07) is 17.9. The predicted molar refractivity (Wildman–Crippen MR) is 106 cm³/mol. The fraction of sp³-hybridized carbons (Fsp3) is 0. The topological polar surface area (TPSA) is 112 Å². The lowest BCUT2D eigenvalue weighted by atomic mass is 10.2. The maximum Gasteiger partial charge on any atom is 0.335 e. The van der Waals surface area contributed by atoms with Crippen molar-refractivity contribution in [1.82, 2.24) is 4.98 Å². The Morgan fingerprint density at radius 2 is 1.14 bits per heavy atom. The molecule has 0 spiro atoms. The molecule has 0 unspecified atom stereocenters. The van der Waals surface area contributed by atoms with Crippen LogP contribution in [0.4, 0.5) is 11.4 Å². The highest BCUT2D eigenvalue weighted by atomic mass is 16.4. The quantitative estimate of drug-likeness (QED) is 0.635. The zero-order chi connectivity index (χ0) is 19.9. The van der Waals surface area contributed by atoms with Crippen molar-refractivity contribution in [2.24, 2.45) is 9.98 Å². The lowest BCUT2D eigenvalue weighted by Crippen LogP contribution is -1.95. The first-order valence-corrected chi connectivity index (χ1v) is 8.23. The summed E-state index contributed by atoms with van der Waals surface area (Å²) >= 11 is 0. The zero-order valence-electron chi connectivity index (χ0n) is 14.6. The van der Waals surface area contributed by atoms with Gasteiger partial charge in [-0.2, -0.15) is 0 Å². The van der Waals surface area contributed by atoms with Gasteiger partial charge in [0, 0.05) is 0 Å². The number of nitrogens with zero attached hydrogens (tertiary/aromatic N) is 3. The summed E-state index contributed by atoms with van der Waals surface area (Å²) in [5, 5.41) is 18.0. The van der Waals surface area contributed by atoms with Crippen LogP contribution in [-0.4, -0.2) is 39.6 Å². The fourth-order valence-corrected chi connectivity index (χ4v) is 2.33. The summed E-state index contributed by atoms with van der Waals surface area (Å²) in [5.74, 6) is -2.03. The second kappa shape index (κ2) is 8.50. The van der Waals surface area contributed by atoms with Crippen molar-refractivity contribution in [3.63, 3.8) is 0 Å². The fourth-order valence-electron chi connectivity index (χ4n) is 2.33. The molecule has 7 nitrogen and oxygen atoms in total. The molecule has 1 aromatic heterocycles. The van der Waals surface area contributed by atoms with Gasteiger partial charge in [0.2, 0.25) is 0 Å². The molecule has 0 fully saturated rings. The molecule has 0 aliphatic carbocycles. The molecular weight excluding hydrogens is 358 g/mol. The Balaban J connectivity index is 1.77. The van der Waals surface area contributed by atoms with Crippen LogP contribution < -0.4 is 0 Å². The molecule has 2 aromatic carbocycles. The van der Waals surface area contributed by atoms with Gasteiger partial charge in [-0.1, -0.05) is 18.2 Å². The van der Waals surface area contributed by atoms with E-state index in [4.69, 9.17) is 10.2 Å². The number of carbonyl (C=O) groups is 2. The van der Waals surface area contributed by atoms with Crippen LogP contribution in [0.15, 0.2) is 76.7 Å². The Labute approximate surface area is 160 Å². The number of hydrogen-bond acceptors (Lipinski definition) is 5. The number of hydrogen-bond donors (Lipinski definition) is 2. The third-order valence-corrected chi connectivity index (χ3v) is 3.67. The number of carboxylic acid groups (broad SMARTS) is 2. The molecule has 0 bridgehead atoms. The van der Waals surface area contributed by atoms with Gasteiger partial charge in [0.1, 0.15) is 0 Å². The smallest absolute Gasteiger partial charge is 0.335 e. The second-order valence-corrected chi connectivity index (χ2v) is 5.71. The number of aliphatic imine (C=N–C) groups is 2. The Bertz CT molecular complexity index is 1010. The van der Waals surface area contributed by atoms with Gasteiger partial charge in [-0.15, -0.1) is 0 Å². The molecule has 3 aromatic rings. The van der Waals surface area contributed by atoms with Crippen LogP contribution in [-0.2, 0) is 0 Å². The number of aromatic nitrogens is 1. The molecule has 0 atom stereocenters. The lowest BCUT2D eigenvalue weighted by Gasteiger charge is -1.99. The molecule has 28 heavy (non-hydrogen) atoms. The molecule has 0 aliphatic heterocycles. The maximum absolute atomic E-state index is 11.0. The summed E-state index contributed by atoms with van der Waals surface area (Å²) in [7, 11) is 0. The van der Waals surface area contributed by atoms with Crippen molar-refractivity contribution < 1.29 is 19.8 Å². The molecule has 1 heterocycles. The first kappa shape index (κ1) is 18.7. The van der Waals surface area contributed by atoms with Gasteiger partial charge in [-0.3, -0.25) is 9.98 Å². The normalized spacial score (nSPS) is 11.1. The summed E-state index contributed by atoms with van der Waals surface area (Å²) in [4.78, 5) is 34.9. The highest BCUT2D eigenvalue weighted by molar-refractivity contribution is 5.90. The first-order valence-electron chi connectivity index (χ1n) is 8.23. The average molecular weight is 373 g/mol. The number of rotatable bonds is 6. The van der Waals surface area contributed by atoms with E-state index in [0.29, 0.717) is 22.8 Å². The molecule has 2 N–H and O–H groups in total. The van der Waals surface area contributed by atoms with Crippen molar-refractivity contribution in [3.8, 4) is 0 Å². The first-order chi connectivity index (χ1) is 13.5. The van der Waals surface area contributed by atoms with E-state index in [1.807, 2.05) is 0 Å². The molecule has 3 rings (SSSR count). The SMILES string of the molecule is O=C(O)c1cccc(/N=C/c2cccc(/C=N/c3cccc(C(=O)O)c3)n2)c1. The monoisotopic (exact) mass is 373 g/mol. The summed E-state index contributed by atoms with van der Waals surface area (Å²) in [6.07, 6.45) is 3.06. The van der Waals surface area contributed by atoms with Crippen molar-refractivity contribution in [3.05, 3.63) is 89.2 Å². The van der Waals surface area contributed by atoms with Crippen LogP contribution in [0.3, 0.4) is 0 Å². The molecule has 0 saturated carbocycles. The Morgan fingerprint density at radius 1 is 0.714 bits per heavy atom. The van der Waals surface area contributed by atoms with Crippen LogP contribution in [0.2, 0.25) is 0 Å². The van der Waals surface area contributed by atoms with Gasteiger partial charge >= 0.3 is 11.9 Å². The van der Waals surface area contributed by atoms with E-state index in [1.54, 1.807) is 42.5 Å². The largest absolute Gasteiger partial charge is 0.478 e. The number of carboxylic acids is 2. The number of pyridine rings is 1. The van der Waals surface area contributed by atoms with Crippen molar-refractivity contribution in [2.45, 2.75) is 0 Å². The lowest BCUT2D eigenvalue weighted by molar-refractivity contribution is 0.0686. The molecular formula is C21H15N3O4. The van der Waals surface area contributed by atoms with Crippen LogP contribution in [0, 0.1) is 0 Å². The Hall–Kier alpha value is -4.13. The minimum Gasteiger partial charge on any atom is -0.478 e. The highest BCUT2D eigenvalue weighted by Crippen LogP contribution is 2.15. The molecule has 0 amide bonds. The van der Waals surface area contributed by atoms with E-state index in [1.165, 1.54) is 36.7 Å².